The van der Waals surface area contributed by atoms with Crippen LogP contribution >= 0.6 is 0 Å². The third kappa shape index (κ3) is 4.60. The van der Waals surface area contributed by atoms with Crippen molar-refractivity contribution in [2.45, 2.75) is 39.5 Å². The fourth-order valence-electron chi connectivity index (χ4n) is 2.79. The fourth-order valence-corrected chi connectivity index (χ4v) is 2.79. The number of carbonyl (C=O) groups is 1. The van der Waals surface area contributed by atoms with Crippen molar-refractivity contribution in [3.63, 3.8) is 0 Å². The zero-order valence-electron chi connectivity index (χ0n) is 15.3. The zero-order valence-corrected chi connectivity index (χ0v) is 15.3. The van der Waals surface area contributed by atoms with Crippen LogP contribution in [0.1, 0.15) is 36.8 Å². The molecule has 0 fully saturated rings. The van der Waals surface area contributed by atoms with Gasteiger partial charge in [0.25, 0.3) is 0 Å². The van der Waals surface area contributed by atoms with Crippen LogP contribution in [0.3, 0.4) is 0 Å². The molecule has 4 heteroatoms. The van der Waals surface area contributed by atoms with Crippen molar-refractivity contribution in [1.29, 1.82) is 0 Å². The Bertz CT molecular complexity index is 852. The molecule has 0 unspecified atom stereocenters. The Morgan fingerprint density at radius 2 is 1.81 bits per heavy atom. The number of carbonyl (C=O) groups excluding carboxylic acids is 1. The molecule has 0 atom stereocenters. The molecule has 1 aromatic heterocycles. The van der Waals surface area contributed by atoms with Crippen molar-refractivity contribution in [2.24, 2.45) is 0 Å². The van der Waals surface area contributed by atoms with Crippen molar-refractivity contribution in [3.05, 3.63) is 71.6 Å². The van der Waals surface area contributed by atoms with Gasteiger partial charge in [0.05, 0.1) is 12.1 Å². The minimum absolute atomic E-state index is 0.0951. The highest BCUT2D eigenvalue weighted by atomic mass is 16.4. The van der Waals surface area contributed by atoms with E-state index in [0.29, 0.717) is 17.3 Å². The highest BCUT2D eigenvalue weighted by Crippen LogP contribution is 2.22. The van der Waals surface area contributed by atoms with Gasteiger partial charge in [0.2, 0.25) is 11.8 Å². The number of oxazole rings is 1. The highest BCUT2D eigenvalue weighted by Gasteiger charge is 2.14. The maximum Gasteiger partial charge on any atom is 0.230 e. The van der Waals surface area contributed by atoms with Gasteiger partial charge in [0, 0.05) is 11.3 Å². The lowest BCUT2D eigenvalue weighted by molar-refractivity contribution is -0.115. The van der Waals surface area contributed by atoms with Crippen LogP contribution in [0.25, 0.3) is 11.5 Å². The van der Waals surface area contributed by atoms with Gasteiger partial charge in [0.1, 0.15) is 5.76 Å². The summed E-state index contributed by atoms with van der Waals surface area (Å²) in [6.07, 6.45) is 3.63. The summed E-state index contributed by atoms with van der Waals surface area (Å²) in [6, 6.07) is 17.7. The number of aromatic nitrogens is 1. The summed E-state index contributed by atoms with van der Waals surface area (Å²) < 4.78 is 5.71. The fraction of sp³-hybridized carbons (Fsp3) is 0.273. The van der Waals surface area contributed by atoms with Crippen LogP contribution in [-0.4, -0.2) is 10.9 Å². The predicted molar refractivity (Wildman–Crippen MR) is 104 cm³/mol. The summed E-state index contributed by atoms with van der Waals surface area (Å²) >= 11 is 0. The van der Waals surface area contributed by atoms with Gasteiger partial charge < -0.3 is 9.73 Å². The van der Waals surface area contributed by atoms with E-state index in [0.717, 1.165) is 17.7 Å². The number of anilines is 1. The third-order valence-corrected chi connectivity index (χ3v) is 4.30. The molecule has 1 amide bonds. The summed E-state index contributed by atoms with van der Waals surface area (Å²) in [4.78, 5) is 16.8. The lowest BCUT2D eigenvalue weighted by Crippen LogP contribution is -2.15. The third-order valence-electron chi connectivity index (χ3n) is 4.30. The van der Waals surface area contributed by atoms with Crippen molar-refractivity contribution in [2.75, 3.05) is 5.32 Å². The van der Waals surface area contributed by atoms with Crippen molar-refractivity contribution >= 4 is 11.6 Å². The van der Waals surface area contributed by atoms with E-state index in [2.05, 4.69) is 29.4 Å². The van der Waals surface area contributed by atoms with Crippen LogP contribution in [0, 0.1) is 6.92 Å². The van der Waals surface area contributed by atoms with E-state index in [-0.39, 0.29) is 12.3 Å². The highest BCUT2D eigenvalue weighted by molar-refractivity contribution is 5.92. The summed E-state index contributed by atoms with van der Waals surface area (Å²) in [5.41, 5.74) is 3.68. The SMILES string of the molecule is CCCCc1ccc(NC(=O)Cc2nc(-c3ccccc3)oc2C)cc1. The molecule has 0 spiro atoms. The smallest absolute Gasteiger partial charge is 0.230 e. The molecule has 0 aliphatic carbocycles. The molecule has 1 heterocycles. The molecule has 134 valence electrons. The van der Waals surface area contributed by atoms with E-state index in [4.69, 9.17) is 4.42 Å². The Hall–Kier alpha value is -2.88. The molecule has 3 aromatic rings. The monoisotopic (exact) mass is 348 g/mol. The van der Waals surface area contributed by atoms with Gasteiger partial charge in [0.15, 0.2) is 0 Å². The zero-order chi connectivity index (χ0) is 18.4. The molecular formula is C22H24N2O2. The molecule has 26 heavy (non-hydrogen) atoms. The van der Waals surface area contributed by atoms with E-state index in [1.165, 1.54) is 18.4 Å². The molecule has 0 saturated carbocycles. The maximum absolute atomic E-state index is 12.3. The average Bonchev–Trinajstić information content (AvgIpc) is 3.02. The minimum atomic E-state index is -0.0951. The van der Waals surface area contributed by atoms with Crippen LogP contribution in [0.4, 0.5) is 5.69 Å². The second kappa shape index (κ2) is 8.48. The number of hydrogen-bond acceptors (Lipinski definition) is 3. The van der Waals surface area contributed by atoms with Crippen LogP contribution in [-0.2, 0) is 17.6 Å². The van der Waals surface area contributed by atoms with Crippen LogP contribution in [0.2, 0.25) is 0 Å². The molecule has 0 aliphatic heterocycles. The normalized spacial score (nSPS) is 10.7. The molecule has 0 radical (unpaired) electrons. The number of aryl methyl sites for hydroxylation is 2. The quantitative estimate of drug-likeness (QED) is 0.640. The summed E-state index contributed by atoms with van der Waals surface area (Å²) in [5.74, 6) is 1.13. The largest absolute Gasteiger partial charge is 0.441 e. The first-order chi connectivity index (χ1) is 12.7. The van der Waals surface area contributed by atoms with E-state index < -0.39 is 0 Å². The van der Waals surface area contributed by atoms with Gasteiger partial charge in [-0.05, 0) is 49.6 Å². The van der Waals surface area contributed by atoms with Gasteiger partial charge in [-0.15, -0.1) is 0 Å². The van der Waals surface area contributed by atoms with Crippen molar-refractivity contribution in [3.8, 4) is 11.5 Å². The van der Waals surface area contributed by atoms with Gasteiger partial charge in [-0.3, -0.25) is 4.79 Å². The lowest BCUT2D eigenvalue weighted by atomic mass is 10.1. The second-order valence-electron chi connectivity index (χ2n) is 6.41. The van der Waals surface area contributed by atoms with E-state index in [1.807, 2.05) is 49.4 Å². The van der Waals surface area contributed by atoms with Crippen molar-refractivity contribution in [1.82, 2.24) is 4.98 Å². The van der Waals surface area contributed by atoms with Crippen molar-refractivity contribution < 1.29 is 9.21 Å². The van der Waals surface area contributed by atoms with Gasteiger partial charge in [-0.1, -0.05) is 43.7 Å². The van der Waals surface area contributed by atoms with Crippen LogP contribution in [0.15, 0.2) is 59.0 Å². The molecule has 0 saturated heterocycles. The number of unbranched alkanes of at least 4 members (excludes halogenated alkanes) is 1. The molecule has 0 aliphatic rings. The van der Waals surface area contributed by atoms with E-state index in [1.54, 1.807) is 0 Å². The molecule has 0 bridgehead atoms. The number of amides is 1. The first-order valence-corrected chi connectivity index (χ1v) is 9.06. The molecule has 4 nitrogen and oxygen atoms in total. The standard InChI is InChI=1S/C22H24N2O2/c1-3-4-8-17-11-13-19(14-12-17)23-21(25)15-20-16(2)26-22(24-20)18-9-6-5-7-10-18/h5-7,9-14H,3-4,8,15H2,1-2H3,(H,23,25). The predicted octanol–water partition coefficient (Wildman–Crippen LogP) is 5.17. The molecule has 3 rings (SSSR count). The number of nitrogens with one attached hydrogen (secondary N) is 1. The molecular weight excluding hydrogens is 324 g/mol. The Balaban J connectivity index is 1.62. The minimum Gasteiger partial charge on any atom is -0.441 e. The van der Waals surface area contributed by atoms with Gasteiger partial charge in [-0.2, -0.15) is 0 Å². The number of benzene rings is 2. The Labute approximate surface area is 154 Å². The summed E-state index contributed by atoms with van der Waals surface area (Å²) in [5, 5.41) is 2.93. The number of hydrogen-bond donors (Lipinski definition) is 1. The Morgan fingerprint density at radius 3 is 2.50 bits per heavy atom. The molecule has 1 N–H and O–H groups in total. The van der Waals surface area contributed by atoms with E-state index in [9.17, 15) is 4.79 Å². The first kappa shape index (κ1) is 17.9. The Kier molecular flexibility index (Phi) is 5.84. The number of rotatable bonds is 7. The Morgan fingerprint density at radius 1 is 1.08 bits per heavy atom. The summed E-state index contributed by atoms with van der Waals surface area (Å²) in [6.45, 7) is 4.02. The van der Waals surface area contributed by atoms with E-state index >= 15 is 0 Å². The van der Waals surface area contributed by atoms with Crippen LogP contribution in [0.5, 0.6) is 0 Å². The average molecular weight is 348 g/mol. The first-order valence-electron chi connectivity index (χ1n) is 9.06. The van der Waals surface area contributed by atoms with Crippen LogP contribution < -0.4 is 5.32 Å². The maximum atomic E-state index is 12.3. The lowest BCUT2D eigenvalue weighted by Gasteiger charge is -2.06. The second-order valence-corrected chi connectivity index (χ2v) is 6.41. The topological polar surface area (TPSA) is 55.1 Å². The van der Waals surface area contributed by atoms with Gasteiger partial charge >= 0.3 is 0 Å². The number of nitrogens with zero attached hydrogens (tertiary/aromatic N) is 1. The summed E-state index contributed by atoms with van der Waals surface area (Å²) in [7, 11) is 0. The molecule has 2 aromatic carbocycles. The van der Waals surface area contributed by atoms with Gasteiger partial charge in [-0.25, -0.2) is 4.98 Å².